The van der Waals surface area contributed by atoms with Crippen molar-refractivity contribution in [2.45, 2.75) is 59.4 Å². The Balaban J connectivity index is 1.79. The fourth-order valence-corrected chi connectivity index (χ4v) is 3.57. The van der Waals surface area contributed by atoms with Gasteiger partial charge in [0.15, 0.2) is 0 Å². The van der Waals surface area contributed by atoms with E-state index in [9.17, 15) is 4.79 Å². The predicted octanol–water partition coefficient (Wildman–Crippen LogP) is 4.83. The van der Waals surface area contributed by atoms with Crippen molar-refractivity contribution >= 4 is 25.0 Å². The fourth-order valence-electron chi connectivity index (χ4n) is 3.57. The number of hydrogen-bond acceptors (Lipinski definition) is 5. The molecular formula is C25H33BN2O4. The molecule has 0 bridgehead atoms. The number of hydrogen-bond donors (Lipinski definition) is 2. The smallest absolute Gasteiger partial charge is 0.445 e. The van der Waals surface area contributed by atoms with Crippen LogP contribution in [0.15, 0.2) is 47.9 Å². The zero-order valence-electron chi connectivity index (χ0n) is 19.8. The third-order valence-corrected chi connectivity index (χ3v) is 6.15. The lowest BCUT2D eigenvalue weighted by Crippen LogP contribution is -2.41. The highest BCUT2D eigenvalue weighted by Gasteiger charge is 2.52. The summed E-state index contributed by atoms with van der Waals surface area (Å²) < 4.78 is 17.9. The number of anilines is 1. The average Bonchev–Trinajstić information content (AvgIpc) is 2.93. The number of rotatable bonds is 6. The van der Waals surface area contributed by atoms with E-state index >= 15 is 0 Å². The minimum Gasteiger partial charge on any atom is -0.445 e. The molecule has 0 radical (unpaired) electrons. The lowest BCUT2D eigenvalue weighted by Gasteiger charge is -2.32. The molecule has 2 aromatic rings. The van der Waals surface area contributed by atoms with E-state index in [0.717, 1.165) is 33.4 Å². The van der Waals surface area contributed by atoms with Gasteiger partial charge in [0.2, 0.25) is 0 Å². The van der Waals surface area contributed by atoms with Gasteiger partial charge >= 0.3 is 13.2 Å². The van der Waals surface area contributed by atoms with E-state index in [-0.39, 0.29) is 13.2 Å². The molecule has 1 amide bonds. The van der Waals surface area contributed by atoms with Crippen molar-refractivity contribution in [3.05, 3.63) is 70.2 Å². The molecule has 1 fully saturated rings. The first-order valence-corrected chi connectivity index (χ1v) is 10.9. The molecule has 1 saturated heterocycles. The maximum Gasteiger partial charge on any atom is 0.492 e. The average molecular weight is 436 g/mol. The molecule has 3 N–H and O–H groups in total. The van der Waals surface area contributed by atoms with Gasteiger partial charge in [0.05, 0.1) is 11.2 Å². The Morgan fingerprint density at radius 1 is 1.06 bits per heavy atom. The highest BCUT2D eigenvalue weighted by molar-refractivity contribution is 6.56. The number of aryl methyl sites for hydroxylation is 2. The van der Waals surface area contributed by atoms with Crippen molar-refractivity contribution in [3.63, 3.8) is 0 Å². The molecular weight excluding hydrogens is 403 g/mol. The van der Waals surface area contributed by atoms with Gasteiger partial charge < -0.3 is 25.1 Å². The predicted molar refractivity (Wildman–Crippen MR) is 129 cm³/mol. The van der Waals surface area contributed by atoms with Gasteiger partial charge in [0, 0.05) is 12.2 Å². The molecule has 1 heterocycles. The van der Waals surface area contributed by atoms with E-state index in [2.05, 4.69) is 5.32 Å². The van der Waals surface area contributed by atoms with Crippen LogP contribution < -0.4 is 11.1 Å². The highest BCUT2D eigenvalue weighted by atomic mass is 16.7. The van der Waals surface area contributed by atoms with Crippen LogP contribution in [-0.4, -0.2) is 31.0 Å². The quantitative estimate of drug-likeness (QED) is 0.501. The van der Waals surface area contributed by atoms with E-state index in [1.54, 1.807) is 0 Å². The van der Waals surface area contributed by atoms with Crippen LogP contribution in [0.2, 0.25) is 0 Å². The summed E-state index contributed by atoms with van der Waals surface area (Å²) in [6.45, 7) is 12.5. The molecule has 0 spiro atoms. The number of ether oxygens (including phenoxy) is 1. The first kappa shape index (κ1) is 23.9. The number of benzene rings is 2. The van der Waals surface area contributed by atoms with Crippen molar-refractivity contribution in [1.29, 1.82) is 0 Å². The van der Waals surface area contributed by atoms with Crippen LogP contribution in [-0.2, 0) is 20.7 Å². The van der Waals surface area contributed by atoms with E-state index in [1.807, 2.05) is 90.1 Å². The molecule has 3 rings (SSSR count). The molecule has 0 atom stereocenters. The molecule has 32 heavy (non-hydrogen) atoms. The SMILES string of the molecule is Cc1cc(N)cc(C)c1C=C(CNC(=O)OCc1ccccc1)B1OC(C)(C)C(C)(C)O1. The summed E-state index contributed by atoms with van der Waals surface area (Å²) in [7, 11) is -0.592. The fraction of sp³-hybridized carbons (Fsp3) is 0.400. The minimum absolute atomic E-state index is 0.207. The summed E-state index contributed by atoms with van der Waals surface area (Å²) in [5.41, 5.74) is 10.6. The zero-order valence-corrected chi connectivity index (χ0v) is 19.8. The molecule has 0 aliphatic carbocycles. The highest BCUT2D eigenvalue weighted by Crippen LogP contribution is 2.39. The van der Waals surface area contributed by atoms with Crippen LogP contribution >= 0.6 is 0 Å². The molecule has 1 aliphatic heterocycles. The van der Waals surface area contributed by atoms with Crippen LogP contribution in [0.3, 0.4) is 0 Å². The van der Waals surface area contributed by atoms with Crippen molar-refractivity contribution < 1.29 is 18.8 Å². The Labute approximate surface area is 191 Å². The summed E-state index contributed by atoms with van der Waals surface area (Å²) in [4.78, 5) is 12.4. The normalized spacial score (nSPS) is 17.3. The van der Waals surface area contributed by atoms with E-state index in [4.69, 9.17) is 19.8 Å². The van der Waals surface area contributed by atoms with Crippen LogP contribution in [0.4, 0.5) is 10.5 Å². The summed E-state index contributed by atoms with van der Waals surface area (Å²) in [5.74, 6) is 0. The van der Waals surface area contributed by atoms with Crippen molar-refractivity contribution in [2.24, 2.45) is 0 Å². The molecule has 0 saturated carbocycles. The number of nitrogen functional groups attached to an aromatic ring is 1. The van der Waals surface area contributed by atoms with Gasteiger partial charge in [0.1, 0.15) is 6.61 Å². The van der Waals surface area contributed by atoms with Gasteiger partial charge in [0.25, 0.3) is 0 Å². The first-order valence-electron chi connectivity index (χ1n) is 10.9. The van der Waals surface area contributed by atoms with Gasteiger partial charge in [-0.05, 0) is 81.4 Å². The topological polar surface area (TPSA) is 82.8 Å². The Bertz CT molecular complexity index is 963. The number of nitrogens with two attached hydrogens (primary N) is 1. The van der Waals surface area contributed by atoms with Crippen molar-refractivity contribution in [2.75, 3.05) is 12.3 Å². The molecule has 170 valence electrons. The molecule has 0 aromatic heterocycles. The van der Waals surface area contributed by atoms with Crippen LogP contribution in [0, 0.1) is 13.8 Å². The van der Waals surface area contributed by atoms with Gasteiger partial charge in [-0.1, -0.05) is 36.4 Å². The number of nitrogens with one attached hydrogen (secondary N) is 1. The number of carbonyl (C=O) groups is 1. The van der Waals surface area contributed by atoms with Crippen molar-refractivity contribution in [3.8, 4) is 0 Å². The number of alkyl carbamates (subject to hydrolysis) is 1. The lowest BCUT2D eigenvalue weighted by atomic mass is 9.76. The second kappa shape index (κ2) is 9.39. The summed E-state index contributed by atoms with van der Waals surface area (Å²) in [6.07, 6.45) is 1.52. The Morgan fingerprint density at radius 2 is 1.62 bits per heavy atom. The second-order valence-electron chi connectivity index (χ2n) is 9.29. The first-order chi connectivity index (χ1) is 15.0. The maximum absolute atomic E-state index is 12.4. The van der Waals surface area contributed by atoms with Crippen LogP contribution in [0.25, 0.3) is 6.08 Å². The maximum atomic E-state index is 12.4. The zero-order chi connectivity index (χ0) is 23.5. The summed E-state index contributed by atoms with van der Waals surface area (Å²) in [6, 6.07) is 13.4. The second-order valence-corrected chi connectivity index (χ2v) is 9.29. The number of amides is 1. The summed E-state index contributed by atoms with van der Waals surface area (Å²) in [5, 5.41) is 2.84. The number of carbonyl (C=O) groups excluding carboxylic acids is 1. The van der Waals surface area contributed by atoms with Gasteiger partial charge in [-0.2, -0.15) is 0 Å². The molecule has 1 aliphatic rings. The lowest BCUT2D eigenvalue weighted by molar-refractivity contribution is 0.00578. The van der Waals surface area contributed by atoms with Gasteiger partial charge in [-0.3, -0.25) is 0 Å². The Morgan fingerprint density at radius 3 is 2.19 bits per heavy atom. The monoisotopic (exact) mass is 436 g/mol. The minimum atomic E-state index is -0.592. The van der Waals surface area contributed by atoms with E-state index < -0.39 is 24.4 Å². The molecule has 7 heteroatoms. The molecule has 2 aromatic carbocycles. The standard InChI is InChI=1S/C25H33BN2O4/c1-17-12-21(27)13-18(2)22(17)14-20(26-31-24(3,4)25(5,6)32-26)15-28-23(29)30-16-19-10-8-7-9-11-19/h7-14H,15-16,27H2,1-6H3,(H,28,29). The van der Waals surface area contributed by atoms with Gasteiger partial charge in [-0.25, -0.2) is 4.79 Å². The van der Waals surface area contributed by atoms with Crippen molar-refractivity contribution in [1.82, 2.24) is 5.32 Å². The summed E-state index contributed by atoms with van der Waals surface area (Å²) >= 11 is 0. The van der Waals surface area contributed by atoms with Crippen LogP contribution in [0.5, 0.6) is 0 Å². The van der Waals surface area contributed by atoms with E-state index in [0.29, 0.717) is 0 Å². The van der Waals surface area contributed by atoms with Gasteiger partial charge in [-0.15, -0.1) is 0 Å². The largest absolute Gasteiger partial charge is 0.492 e. The van der Waals surface area contributed by atoms with Crippen LogP contribution in [0.1, 0.15) is 49.9 Å². The third kappa shape index (κ3) is 5.53. The van der Waals surface area contributed by atoms with E-state index in [1.165, 1.54) is 0 Å². The Kier molecular flexibility index (Phi) is 7.01. The molecule has 6 nitrogen and oxygen atoms in total. The Hall–Kier alpha value is -2.77. The third-order valence-electron chi connectivity index (χ3n) is 6.15. The molecule has 0 unspecified atom stereocenters.